The fourth-order valence-electron chi connectivity index (χ4n) is 3.21. The zero-order chi connectivity index (χ0) is 20.1. The van der Waals surface area contributed by atoms with Gasteiger partial charge in [-0.2, -0.15) is 0 Å². The van der Waals surface area contributed by atoms with Crippen LogP contribution in [0, 0.1) is 12.7 Å². The quantitative estimate of drug-likeness (QED) is 0.689. The molecule has 4 nitrogen and oxygen atoms in total. The minimum atomic E-state index is -0.388. The number of benzene rings is 2. The van der Waals surface area contributed by atoms with Gasteiger partial charge in [0, 0.05) is 37.5 Å². The molecule has 0 aliphatic carbocycles. The number of rotatable bonds is 6. The first-order valence-electron chi connectivity index (χ1n) is 9.40. The zero-order valence-electron chi connectivity index (χ0n) is 16.3. The summed E-state index contributed by atoms with van der Waals surface area (Å²) < 4.78 is 14.3. The lowest BCUT2D eigenvalue weighted by molar-refractivity contribution is -0.128. The van der Waals surface area contributed by atoms with Crippen molar-refractivity contribution in [3.63, 3.8) is 0 Å². The number of hydrogen-bond donors (Lipinski definition) is 0. The molecule has 0 saturated carbocycles. The van der Waals surface area contributed by atoms with Crippen LogP contribution in [-0.2, 0) is 10.5 Å². The third-order valence-corrected chi connectivity index (χ3v) is 5.93. The number of amides is 1. The molecule has 0 spiro atoms. The second-order valence-corrected chi connectivity index (χ2v) is 8.05. The highest BCUT2D eigenvalue weighted by molar-refractivity contribution is 7.99. The molecule has 0 radical (unpaired) electrons. The summed E-state index contributed by atoms with van der Waals surface area (Å²) in [5.41, 5.74) is 3.32. The minimum absolute atomic E-state index is 0.129. The first-order valence-corrected chi connectivity index (χ1v) is 10.6. The molecule has 1 aliphatic heterocycles. The van der Waals surface area contributed by atoms with E-state index in [0.717, 1.165) is 5.75 Å². The highest BCUT2D eigenvalue weighted by Crippen LogP contribution is 2.23. The maximum atomic E-state index is 14.3. The Morgan fingerprint density at radius 3 is 2.32 bits per heavy atom. The summed E-state index contributed by atoms with van der Waals surface area (Å²) in [6, 6.07) is 12.9. The van der Waals surface area contributed by atoms with Crippen molar-refractivity contribution in [1.82, 2.24) is 4.90 Å². The van der Waals surface area contributed by atoms with E-state index < -0.39 is 0 Å². The molecular formula is C22H25FN2O2S. The third-order valence-electron chi connectivity index (χ3n) is 4.94. The Kier molecular flexibility index (Phi) is 6.73. The Morgan fingerprint density at radius 1 is 1.04 bits per heavy atom. The van der Waals surface area contributed by atoms with Crippen LogP contribution in [-0.4, -0.2) is 48.5 Å². The molecule has 1 aliphatic rings. The van der Waals surface area contributed by atoms with Gasteiger partial charge in [0.05, 0.1) is 11.4 Å². The van der Waals surface area contributed by atoms with Gasteiger partial charge in [0.15, 0.2) is 5.78 Å². The molecule has 1 amide bonds. The Hall–Kier alpha value is -2.34. The number of ketones is 1. The number of piperazine rings is 1. The van der Waals surface area contributed by atoms with Crippen molar-refractivity contribution in [2.24, 2.45) is 0 Å². The van der Waals surface area contributed by atoms with Gasteiger partial charge < -0.3 is 9.80 Å². The summed E-state index contributed by atoms with van der Waals surface area (Å²) in [5.74, 6) is 0.865. The predicted molar refractivity (Wildman–Crippen MR) is 113 cm³/mol. The molecule has 1 fully saturated rings. The van der Waals surface area contributed by atoms with Crippen LogP contribution in [0.25, 0.3) is 0 Å². The summed E-state index contributed by atoms with van der Waals surface area (Å²) >= 11 is 1.62. The average Bonchev–Trinajstić information content (AvgIpc) is 2.69. The summed E-state index contributed by atoms with van der Waals surface area (Å²) in [5, 5.41) is 0. The predicted octanol–water partition coefficient (Wildman–Crippen LogP) is 3.92. The van der Waals surface area contributed by atoms with Gasteiger partial charge in [0.25, 0.3) is 0 Å². The van der Waals surface area contributed by atoms with Crippen LogP contribution in [0.5, 0.6) is 0 Å². The molecule has 3 rings (SSSR count). The van der Waals surface area contributed by atoms with E-state index in [2.05, 4.69) is 31.2 Å². The van der Waals surface area contributed by atoms with Crippen molar-refractivity contribution < 1.29 is 14.0 Å². The minimum Gasteiger partial charge on any atom is -0.366 e. The van der Waals surface area contributed by atoms with Gasteiger partial charge in [0.1, 0.15) is 5.82 Å². The Bertz CT molecular complexity index is 846. The van der Waals surface area contributed by atoms with Crippen molar-refractivity contribution in [3.8, 4) is 0 Å². The van der Waals surface area contributed by atoms with Crippen LogP contribution in [0.1, 0.15) is 28.4 Å². The van der Waals surface area contributed by atoms with E-state index in [-0.39, 0.29) is 17.5 Å². The normalized spacial score (nSPS) is 14.2. The van der Waals surface area contributed by atoms with Crippen LogP contribution < -0.4 is 4.90 Å². The van der Waals surface area contributed by atoms with Crippen LogP contribution in [0.2, 0.25) is 0 Å². The zero-order valence-corrected chi connectivity index (χ0v) is 17.1. The van der Waals surface area contributed by atoms with Crippen molar-refractivity contribution in [2.75, 3.05) is 36.8 Å². The van der Waals surface area contributed by atoms with E-state index in [1.165, 1.54) is 24.1 Å². The van der Waals surface area contributed by atoms with Gasteiger partial charge >= 0.3 is 0 Å². The van der Waals surface area contributed by atoms with Crippen molar-refractivity contribution in [3.05, 3.63) is 65.0 Å². The van der Waals surface area contributed by atoms with Gasteiger partial charge in [-0.25, -0.2) is 4.39 Å². The molecule has 0 N–H and O–H groups in total. The standard InChI is InChI=1S/C22H25FN2O2S/c1-16-3-5-18(6-4-16)14-28-15-22(27)25-11-9-24(10-12-25)21-8-7-19(17(2)26)13-20(21)23/h3-8,13H,9-12,14-15H2,1-2H3. The largest absolute Gasteiger partial charge is 0.366 e. The van der Waals surface area contributed by atoms with Crippen LogP contribution in [0.3, 0.4) is 0 Å². The number of thioether (sulfide) groups is 1. The maximum Gasteiger partial charge on any atom is 0.232 e. The van der Waals surface area contributed by atoms with Gasteiger partial charge in [-0.1, -0.05) is 29.8 Å². The smallest absolute Gasteiger partial charge is 0.232 e. The first kappa shape index (κ1) is 20.4. The summed E-state index contributed by atoms with van der Waals surface area (Å²) in [4.78, 5) is 27.6. The molecule has 2 aromatic carbocycles. The molecule has 1 saturated heterocycles. The Balaban J connectivity index is 1.47. The summed E-state index contributed by atoms with van der Waals surface area (Å²) in [6.07, 6.45) is 0. The number of hydrogen-bond acceptors (Lipinski definition) is 4. The fraction of sp³-hybridized carbons (Fsp3) is 0.364. The number of carbonyl (C=O) groups excluding carboxylic acids is 2. The Labute approximate surface area is 169 Å². The maximum absolute atomic E-state index is 14.3. The summed E-state index contributed by atoms with van der Waals surface area (Å²) in [6.45, 7) is 5.82. The molecule has 2 aromatic rings. The second-order valence-electron chi connectivity index (χ2n) is 7.07. The average molecular weight is 401 g/mol. The molecule has 148 valence electrons. The molecule has 1 heterocycles. The number of anilines is 1. The van der Waals surface area contributed by atoms with Crippen LogP contribution in [0.4, 0.5) is 10.1 Å². The lowest BCUT2D eigenvalue weighted by Crippen LogP contribution is -2.49. The van der Waals surface area contributed by atoms with E-state index in [9.17, 15) is 14.0 Å². The molecule has 0 aromatic heterocycles. The van der Waals surface area contributed by atoms with E-state index in [1.54, 1.807) is 23.9 Å². The van der Waals surface area contributed by atoms with E-state index in [4.69, 9.17) is 0 Å². The molecule has 0 unspecified atom stereocenters. The van der Waals surface area contributed by atoms with E-state index in [1.807, 2.05) is 9.80 Å². The molecule has 0 bridgehead atoms. The van der Waals surface area contributed by atoms with Crippen LogP contribution in [0.15, 0.2) is 42.5 Å². The molecular weight excluding hydrogens is 375 g/mol. The van der Waals surface area contributed by atoms with Crippen molar-refractivity contribution in [1.29, 1.82) is 0 Å². The lowest BCUT2D eigenvalue weighted by atomic mass is 10.1. The highest BCUT2D eigenvalue weighted by atomic mass is 32.2. The number of halogens is 1. The topological polar surface area (TPSA) is 40.6 Å². The fourth-order valence-corrected chi connectivity index (χ4v) is 4.10. The van der Waals surface area contributed by atoms with Crippen molar-refractivity contribution in [2.45, 2.75) is 19.6 Å². The number of aryl methyl sites for hydroxylation is 1. The molecule has 28 heavy (non-hydrogen) atoms. The van der Waals surface area contributed by atoms with E-state index in [0.29, 0.717) is 43.2 Å². The van der Waals surface area contributed by atoms with Crippen molar-refractivity contribution >= 4 is 29.1 Å². The number of carbonyl (C=O) groups is 2. The highest BCUT2D eigenvalue weighted by Gasteiger charge is 2.23. The monoisotopic (exact) mass is 400 g/mol. The second kappa shape index (κ2) is 9.24. The third kappa shape index (κ3) is 5.13. The van der Waals surface area contributed by atoms with Gasteiger partial charge in [-0.15, -0.1) is 11.8 Å². The van der Waals surface area contributed by atoms with Gasteiger partial charge in [-0.3, -0.25) is 9.59 Å². The number of Topliss-reactive ketones (excluding diaryl/α,β-unsaturated/α-hetero) is 1. The lowest BCUT2D eigenvalue weighted by Gasteiger charge is -2.36. The number of nitrogens with zero attached hydrogens (tertiary/aromatic N) is 2. The summed E-state index contributed by atoms with van der Waals surface area (Å²) in [7, 11) is 0. The Morgan fingerprint density at radius 2 is 1.71 bits per heavy atom. The van der Waals surface area contributed by atoms with Gasteiger partial charge in [0.2, 0.25) is 5.91 Å². The van der Waals surface area contributed by atoms with Crippen LogP contribution >= 0.6 is 11.8 Å². The van der Waals surface area contributed by atoms with Gasteiger partial charge in [-0.05, 0) is 37.6 Å². The van der Waals surface area contributed by atoms with E-state index >= 15 is 0 Å². The SMILES string of the molecule is CC(=O)c1ccc(N2CCN(C(=O)CSCc3ccc(C)cc3)CC2)c(F)c1. The first-order chi connectivity index (χ1) is 13.4. The molecule has 0 atom stereocenters. The molecule has 6 heteroatoms.